The minimum Gasteiger partial charge on any atom is -0.276 e. The Hall–Kier alpha value is -0.0200. The van der Waals surface area contributed by atoms with Gasteiger partial charge in [-0.1, -0.05) is 13.8 Å². The zero-order valence-corrected chi connectivity index (χ0v) is 8.44. The zero-order chi connectivity index (χ0) is 8.85. The molecule has 11 heavy (non-hydrogen) atoms. The maximum atomic E-state index is 10.0. The first kappa shape index (κ1) is 11.0. The molecule has 65 valence electrons. The molecule has 1 atom stereocenters. The van der Waals surface area contributed by atoms with Gasteiger partial charge >= 0.3 is 0 Å². The van der Waals surface area contributed by atoms with Gasteiger partial charge in [0.2, 0.25) is 0 Å². The molecule has 1 unspecified atom stereocenters. The summed E-state index contributed by atoms with van der Waals surface area (Å²) in [6.07, 6.45) is 1.12. The van der Waals surface area contributed by atoms with Crippen molar-refractivity contribution in [1.82, 2.24) is 4.31 Å². The van der Waals surface area contributed by atoms with E-state index >= 15 is 0 Å². The molecule has 0 saturated carbocycles. The molecule has 2 nitrogen and oxygen atoms in total. The number of hydrogen-bond acceptors (Lipinski definition) is 3. The van der Waals surface area contributed by atoms with Crippen LogP contribution in [0, 0.1) is 5.92 Å². The highest BCUT2D eigenvalue weighted by Crippen LogP contribution is 2.14. The molecule has 0 rings (SSSR count). The molecule has 1 radical (unpaired) electrons. The molecule has 0 amide bonds. The van der Waals surface area contributed by atoms with E-state index in [4.69, 9.17) is 0 Å². The number of nitrogens with zero attached hydrogens (tertiary/aromatic N) is 1. The predicted molar refractivity (Wildman–Crippen MR) is 50.0 cm³/mol. The average Bonchev–Trinajstić information content (AvgIpc) is 1.86. The molecule has 0 aliphatic rings. The third-order valence-corrected chi connectivity index (χ3v) is 2.34. The highest BCUT2D eigenvalue weighted by molar-refractivity contribution is 8.09. The second-order valence-electron chi connectivity index (χ2n) is 3.20. The van der Waals surface area contributed by atoms with Crippen molar-refractivity contribution >= 4 is 17.6 Å². The van der Waals surface area contributed by atoms with Gasteiger partial charge in [-0.15, -0.1) is 0 Å². The SMILES string of the molecule is CC(C)CC(C)N(C)S[C]=O. The van der Waals surface area contributed by atoms with Crippen LogP contribution < -0.4 is 0 Å². The topological polar surface area (TPSA) is 20.3 Å². The average molecular weight is 174 g/mol. The minimum atomic E-state index is 0.446. The lowest BCUT2D eigenvalue weighted by Crippen LogP contribution is -2.23. The first-order valence-electron chi connectivity index (χ1n) is 3.84. The molecule has 0 aliphatic heterocycles. The fraction of sp³-hybridized carbons (Fsp3) is 0.875. The molecular formula is C8H16NOS. The lowest BCUT2D eigenvalue weighted by Gasteiger charge is -2.21. The van der Waals surface area contributed by atoms with Crippen LogP contribution in [0.25, 0.3) is 0 Å². The summed E-state index contributed by atoms with van der Waals surface area (Å²) < 4.78 is 1.94. The van der Waals surface area contributed by atoms with Crippen LogP contribution in [-0.4, -0.2) is 23.0 Å². The van der Waals surface area contributed by atoms with Crippen LogP contribution in [-0.2, 0) is 4.79 Å². The van der Waals surface area contributed by atoms with Crippen molar-refractivity contribution in [3.05, 3.63) is 0 Å². The predicted octanol–water partition coefficient (Wildman–Crippen LogP) is 2.07. The summed E-state index contributed by atoms with van der Waals surface area (Å²) in [6.45, 7) is 6.48. The third-order valence-electron chi connectivity index (χ3n) is 1.61. The van der Waals surface area contributed by atoms with Crippen LogP contribution in [0.1, 0.15) is 27.2 Å². The number of rotatable bonds is 5. The van der Waals surface area contributed by atoms with Crippen LogP contribution in [0.4, 0.5) is 0 Å². The van der Waals surface area contributed by atoms with Gasteiger partial charge in [-0.2, -0.15) is 0 Å². The largest absolute Gasteiger partial charge is 0.282 e. The first-order chi connectivity index (χ1) is 5.07. The molecule has 3 heteroatoms. The molecule has 0 N–H and O–H groups in total. The third kappa shape index (κ3) is 5.27. The summed E-state index contributed by atoms with van der Waals surface area (Å²) in [5.41, 5.74) is 1.81. The summed E-state index contributed by atoms with van der Waals surface area (Å²) in [5, 5.41) is 0. The van der Waals surface area contributed by atoms with Crippen molar-refractivity contribution in [1.29, 1.82) is 0 Å². The van der Waals surface area contributed by atoms with Crippen LogP contribution in [0.2, 0.25) is 0 Å². The van der Waals surface area contributed by atoms with Crippen LogP contribution in [0.3, 0.4) is 0 Å². The molecular weight excluding hydrogens is 158 g/mol. The van der Waals surface area contributed by atoms with E-state index in [1.165, 1.54) is 0 Å². The van der Waals surface area contributed by atoms with Gasteiger partial charge in [0.25, 0.3) is 5.62 Å². The molecule has 0 fully saturated rings. The maximum Gasteiger partial charge on any atom is 0.282 e. The Morgan fingerprint density at radius 3 is 2.36 bits per heavy atom. The summed E-state index contributed by atoms with van der Waals surface area (Å²) >= 11 is 1.11. The Morgan fingerprint density at radius 2 is 2.00 bits per heavy atom. The Bertz CT molecular complexity index is 117. The number of carbonyl (C=O) groups excluding carboxylic acids is 1. The van der Waals surface area contributed by atoms with Crippen molar-refractivity contribution in [3.63, 3.8) is 0 Å². The van der Waals surface area contributed by atoms with Crippen molar-refractivity contribution in [2.24, 2.45) is 5.92 Å². The van der Waals surface area contributed by atoms with E-state index in [1.807, 2.05) is 17.0 Å². The van der Waals surface area contributed by atoms with Crippen molar-refractivity contribution in [2.75, 3.05) is 7.05 Å². The van der Waals surface area contributed by atoms with Gasteiger partial charge in [-0.25, -0.2) is 4.31 Å². The molecule has 0 bridgehead atoms. The van der Waals surface area contributed by atoms with E-state index < -0.39 is 0 Å². The molecule has 0 heterocycles. The quantitative estimate of drug-likeness (QED) is 0.595. The normalized spacial score (nSPS) is 14.0. The van der Waals surface area contributed by atoms with E-state index in [0.717, 1.165) is 18.4 Å². The fourth-order valence-corrected chi connectivity index (χ4v) is 1.36. The highest BCUT2D eigenvalue weighted by atomic mass is 32.2. The second kappa shape index (κ2) is 5.61. The van der Waals surface area contributed by atoms with E-state index in [1.54, 1.807) is 0 Å². The van der Waals surface area contributed by atoms with Gasteiger partial charge in [0.05, 0.1) is 0 Å². The zero-order valence-electron chi connectivity index (χ0n) is 7.63. The Kier molecular flexibility index (Phi) is 5.60. The van der Waals surface area contributed by atoms with Gasteiger partial charge < -0.3 is 0 Å². The van der Waals surface area contributed by atoms with E-state index in [9.17, 15) is 4.79 Å². The monoisotopic (exact) mass is 174 g/mol. The Morgan fingerprint density at radius 1 is 1.45 bits per heavy atom. The maximum absolute atomic E-state index is 10.0. The van der Waals surface area contributed by atoms with Crippen LogP contribution >= 0.6 is 11.9 Å². The highest BCUT2D eigenvalue weighted by Gasteiger charge is 2.10. The van der Waals surface area contributed by atoms with E-state index in [2.05, 4.69) is 20.8 Å². The smallest absolute Gasteiger partial charge is 0.276 e. The summed E-state index contributed by atoms with van der Waals surface area (Å²) in [7, 11) is 1.92. The van der Waals surface area contributed by atoms with Gasteiger partial charge in [-0.3, -0.25) is 4.79 Å². The number of hydrogen-bond donors (Lipinski definition) is 0. The summed E-state index contributed by atoms with van der Waals surface area (Å²) in [4.78, 5) is 10.0. The Labute approximate surface area is 73.5 Å². The lowest BCUT2D eigenvalue weighted by molar-refractivity contribution is 0.367. The van der Waals surface area contributed by atoms with Crippen molar-refractivity contribution < 1.29 is 4.79 Å². The minimum absolute atomic E-state index is 0.446. The van der Waals surface area contributed by atoms with E-state index in [0.29, 0.717) is 12.0 Å². The molecule has 0 aliphatic carbocycles. The van der Waals surface area contributed by atoms with Crippen molar-refractivity contribution in [2.45, 2.75) is 33.2 Å². The lowest BCUT2D eigenvalue weighted by atomic mass is 10.1. The van der Waals surface area contributed by atoms with Gasteiger partial charge in [0, 0.05) is 18.0 Å². The molecule has 0 aromatic carbocycles. The van der Waals surface area contributed by atoms with Crippen LogP contribution in [0.5, 0.6) is 0 Å². The van der Waals surface area contributed by atoms with Crippen LogP contribution in [0.15, 0.2) is 0 Å². The van der Waals surface area contributed by atoms with Gasteiger partial charge in [0.1, 0.15) is 0 Å². The first-order valence-corrected chi connectivity index (χ1v) is 4.62. The second-order valence-corrected chi connectivity index (χ2v) is 4.12. The molecule has 0 aromatic heterocycles. The standard InChI is InChI=1S/C8H16NOS/c1-7(2)5-8(3)9(4)11-6-10/h7-8H,5H2,1-4H3. The Balaban J connectivity index is 3.62. The van der Waals surface area contributed by atoms with E-state index in [-0.39, 0.29) is 0 Å². The molecule has 0 aromatic rings. The summed E-state index contributed by atoms with van der Waals surface area (Å²) in [5.74, 6) is 0.680. The van der Waals surface area contributed by atoms with Gasteiger partial charge in [0.15, 0.2) is 0 Å². The fourth-order valence-electron chi connectivity index (χ4n) is 0.979. The molecule has 0 saturated heterocycles. The van der Waals surface area contributed by atoms with Crippen molar-refractivity contribution in [3.8, 4) is 0 Å². The summed E-state index contributed by atoms with van der Waals surface area (Å²) in [6, 6.07) is 0.446. The molecule has 0 spiro atoms. The van der Waals surface area contributed by atoms with Gasteiger partial charge in [-0.05, 0) is 26.3 Å².